The Balaban J connectivity index is 0.00000316. The van der Waals surface area contributed by atoms with Crippen LogP contribution in [-0.4, -0.2) is 38.9 Å². The standard InChI is InChI=1S/C31H28Cl2FN5O2.CH4/c1-15(2)14-39-24-10-11-38-23-9-6-16(28(35)40)12-22(23)36-29(38)25(24)26(18-4-3-5-20(33)27(18)34)31(39)19-8-7-17(32)13-21(19)37-30(31)41;/h3-9,12-13,15,24-26H,10-11,14H2,1-2H3,(H2,35,40)(H,37,41);1H4/t24-,25+,26-,31+;/m0./s1. The van der Waals surface area contributed by atoms with Gasteiger partial charge in [-0.2, -0.15) is 0 Å². The van der Waals surface area contributed by atoms with Crippen molar-refractivity contribution in [2.24, 2.45) is 11.7 Å². The summed E-state index contributed by atoms with van der Waals surface area (Å²) < 4.78 is 18.3. The number of fused-ring (bicyclic) bond motifs is 7. The van der Waals surface area contributed by atoms with Crippen molar-refractivity contribution in [1.82, 2.24) is 14.5 Å². The molecule has 7 nitrogen and oxygen atoms in total. The van der Waals surface area contributed by atoms with E-state index < -0.39 is 23.2 Å². The van der Waals surface area contributed by atoms with Crippen LogP contribution in [0.3, 0.4) is 0 Å². The van der Waals surface area contributed by atoms with Gasteiger partial charge in [-0.25, -0.2) is 9.37 Å². The molecule has 2 amide bonds. The van der Waals surface area contributed by atoms with Gasteiger partial charge in [0.25, 0.3) is 0 Å². The molecule has 0 bridgehead atoms. The van der Waals surface area contributed by atoms with Crippen molar-refractivity contribution >= 4 is 51.7 Å². The molecule has 0 radical (unpaired) electrons. The molecule has 0 unspecified atom stereocenters. The average molecular weight is 609 g/mol. The van der Waals surface area contributed by atoms with Gasteiger partial charge in [0.2, 0.25) is 11.8 Å². The number of likely N-dealkylation sites (tertiary alicyclic amines) is 1. The van der Waals surface area contributed by atoms with Crippen LogP contribution in [-0.2, 0) is 16.9 Å². The summed E-state index contributed by atoms with van der Waals surface area (Å²) in [5.41, 5.74) is 7.98. The molecule has 3 N–H and O–H groups in total. The molecule has 10 heteroatoms. The molecule has 3 aliphatic rings. The number of carbonyl (C=O) groups is 2. The van der Waals surface area contributed by atoms with Gasteiger partial charge < -0.3 is 15.6 Å². The number of aromatic nitrogens is 2. The van der Waals surface area contributed by atoms with Crippen molar-refractivity contribution in [2.75, 3.05) is 11.9 Å². The molecule has 218 valence electrons. The molecule has 1 spiro atoms. The molecule has 1 fully saturated rings. The fraction of sp³-hybridized carbons (Fsp3) is 0.344. The highest BCUT2D eigenvalue weighted by Gasteiger charge is 2.68. The van der Waals surface area contributed by atoms with E-state index in [-0.39, 0.29) is 36.2 Å². The summed E-state index contributed by atoms with van der Waals surface area (Å²) in [6.45, 7) is 5.51. The van der Waals surface area contributed by atoms with Gasteiger partial charge in [0.05, 0.1) is 16.1 Å². The third-order valence-corrected chi connectivity index (χ3v) is 9.48. The van der Waals surface area contributed by atoms with Gasteiger partial charge in [-0.1, -0.05) is 62.7 Å². The van der Waals surface area contributed by atoms with Crippen LogP contribution in [0.2, 0.25) is 10.0 Å². The van der Waals surface area contributed by atoms with E-state index in [2.05, 4.69) is 28.6 Å². The Morgan fingerprint density at radius 1 is 1.19 bits per heavy atom. The van der Waals surface area contributed by atoms with Crippen molar-refractivity contribution in [3.05, 3.63) is 93.0 Å². The molecule has 0 saturated carbocycles. The van der Waals surface area contributed by atoms with Crippen LogP contribution in [0.15, 0.2) is 54.6 Å². The first-order valence-electron chi connectivity index (χ1n) is 13.7. The highest BCUT2D eigenvalue weighted by molar-refractivity contribution is 6.31. The molecule has 7 rings (SSSR count). The maximum absolute atomic E-state index is 16.1. The number of rotatable bonds is 4. The first kappa shape index (κ1) is 28.6. The Morgan fingerprint density at radius 3 is 2.71 bits per heavy atom. The van der Waals surface area contributed by atoms with Crippen molar-refractivity contribution < 1.29 is 14.0 Å². The molecular weight excluding hydrogens is 576 g/mol. The van der Waals surface area contributed by atoms with Crippen LogP contribution in [0, 0.1) is 11.7 Å². The Labute approximate surface area is 253 Å². The largest absolute Gasteiger partial charge is 0.366 e. The summed E-state index contributed by atoms with van der Waals surface area (Å²) >= 11 is 12.7. The zero-order valence-corrected chi connectivity index (χ0v) is 24.0. The van der Waals surface area contributed by atoms with E-state index in [0.717, 1.165) is 23.3 Å². The van der Waals surface area contributed by atoms with Crippen LogP contribution < -0.4 is 11.1 Å². The first-order valence-corrected chi connectivity index (χ1v) is 14.5. The summed E-state index contributed by atoms with van der Waals surface area (Å²) in [6.07, 6.45) is 0.726. The van der Waals surface area contributed by atoms with Gasteiger partial charge >= 0.3 is 0 Å². The predicted octanol–water partition coefficient (Wildman–Crippen LogP) is 6.68. The summed E-state index contributed by atoms with van der Waals surface area (Å²) in [7, 11) is 0. The van der Waals surface area contributed by atoms with Crippen LogP contribution in [0.25, 0.3) is 11.0 Å². The summed E-state index contributed by atoms with van der Waals surface area (Å²) in [6, 6.07) is 15.5. The lowest BCUT2D eigenvalue weighted by atomic mass is 9.70. The molecule has 0 aliphatic carbocycles. The second-order valence-electron chi connectivity index (χ2n) is 11.6. The van der Waals surface area contributed by atoms with E-state index in [1.807, 2.05) is 12.1 Å². The normalized spacial score (nSPS) is 24.4. The third kappa shape index (κ3) is 3.85. The number of carbonyl (C=O) groups excluding carboxylic acids is 2. The number of nitrogens with one attached hydrogen (secondary N) is 1. The first-order chi connectivity index (χ1) is 19.6. The van der Waals surface area contributed by atoms with Crippen molar-refractivity contribution in [1.29, 1.82) is 0 Å². The van der Waals surface area contributed by atoms with E-state index in [0.29, 0.717) is 40.4 Å². The number of halogens is 3. The highest BCUT2D eigenvalue weighted by Crippen LogP contribution is 2.64. The number of imidazole rings is 1. The number of amides is 2. The number of hydrogen-bond donors (Lipinski definition) is 2. The maximum Gasteiger partial charge on any atom is 0.250 e. The molecule has 42 heavy (non-hydrogen) atoms. The van der Waals surface area contributed by atoms with Gasteiger partial charge in [0.15, 0.2) is 0 Å². The molecule has 3 aliphatic heterocycles. The lowest BCUT2D eigenvalue weighted by Crippen LogP contribution is -2.53. The van der Waals surface area contributed by atoms with Crippen LogP contribution in [0.5, 0.6) is 0 Å². The summed E-state index contributed by atoms with van der Waals surface area (Å²) in [4.78, 5) is 33.7. The lowest BCUT2D eigenvalue weighted by molar-refractivity contribution is -0.128. The average Bonchev–Trinajstić information content (AvgIpc) is 3.53. The zero-order chi connectivity index (χ0) is 28.8. The molecule has 3 aromatic carbocycles. The van der Waals surface area contributed by atoms with Crippen LogP contribution in [0.1, 0.15) is 66.8 Å². The number of anilines is 1. The second-order valence-corrected chi connectivity index (χ2v) is 12.5. The molecule has 1 saturated heterocycles. The number of hydrogen-bond acceptors (Lipinski definition) is 4. The number of nitrogens with two attached hydrogens (primary N) is 1. The van der Waals surface area contributed by atoms with E-state index in [1.165, 1.54) is 6.07 Å². The Bertz CT molecular complexity index is 1770. The topological polar surface area (TPSA) is 93.2 Å². The van der Waals surface area contributed by atoms with E-state index in [4.69, 9.17) is 33.9 Å². The smallest absolute Gasteiger partial charge is 0.250 e. The quantitative estimate of drug-likeness (QED) is 0.271. The lowest BCUT2D eigenvalue weighted by Gasteiger charge is -2.40. The highest BCUT2D eigenvalue weighted by atomic mass is 35.5. The molecule has 4 heterocycles. The maximum atomic E-state index is 16.1. The summed E-state index contributed by atoms with van der Waals surface area (Å²) in [5, 5.41) is 3.59. The van der Waals surface area contributed by atoms with E-state index >= 15 is 4.39 Å². The fourth-order valence-corrected chi connectivity index (χ4v) is 7.92. The molecule has 4 aromatic rings. The second kappa shape index (κ2) is 10.1. The Kier molecular flexibility index (Phi) is 6.87. The Hall–Kier alpha value is -3.46. The molecule has 4 atom stereocenters. The molecule has 1 aromatic heterocycles. The predicted molar refractivity (Wildman–Crippen MR) is 164 cm³/mol. The minimum atomic E-state index is -1.23. The number of benzene rings is 3. The SMILES string of the molecule is C.CC(C)CN1[C@H]2CCn3c(nc4cc(C(N)=O)ccc43)[C@H]2[C@H](c2cccc(Cl)c2F)[C@]12C(=O)Nc1cc(Cl)ccc12. The summed E-state index contributed by atoms with van der Waals surface area (Å²) in [5.74, 6) is -1.32. The van der Waals surface area contributed by atoms with Crippen molar-refractivity contribution in [3.63, 3.8) is 0 Å². The van der Waals surface area contributed by atoms with Gasteiger partial charge in [-0.05, 0) is 54.3 Å². The minimum Gasteiger partial charge on any atom is -0.366 e. The Morgan fingerprint density at radius 2 is 1.98 bits per heavy atom. The number of aryl methyl sites for hydroxylation is 1. The van der Waals surface area contributed by atoms with E-state index in [9.17, 15) is 9.59 Å². The van der Waals surface area contributed by atoms with Gasteiger partial charge in [0.1, 0.15) is 17.2 Å². The minimum absolute atomic E-state index is 0. The van der Waals surface area contributed by atoms with Gasteiger partial charge in [-0.15, -0.1) is 0 Å². The van der Waals surface area contributed by atoms with Crippen molar-refractivity contribution in [2.45, 2.75) is 57.7 Å². The number of nitrogens with zero attached hydrogens (tertiary/aromatic N) is 3. The van der Waals surface area contributed by atoms with Crippen LogP contribution >= 0.6 is 23.2 Å². The van der Waals surface area contributed by atoms with Gasteiger partial charge in [0, 0.05) is 52.8 Å². The third-order valence-electron chi connectivity index (χ3n) is 8.95. The van der Waals surface area contributed by atoms with Crippen molar-refractivity contribution in [3.8, 4) is 0 Å². The zero-order valence-electron chi connectivity index (χ0n) is 22.5. The monoisotopic (exact) mass is 607 g/mol. The van der Waals surface area contributed by atoms with Crippen LogP contribution in [0.4, 0.5) is 10.1 Å². The van der Waals surface area contributed by atoms with E-state index in [1.54, 1.807) is 36.4 Å². The fourth-order valence-electron chi connectivity index (χ4n) is 7.56. The number of primary amides is 1. The van der Waals surface area contributed by atoms with Gasteiger partial charge in [-0.3, -0.25) is 14.5 Å². The molecular formula is C32H32Cl2FN5O2.